The summed E-state index contributed by atoms with van der Waals surface area (Å²) in [5.41, 5.74) is 1.00. The van der Waals surface area contributed by atoms with E-state index < -0.39 is 12.0 Å². The van der Waals surface area contributed by atoms with Gasteiger partial charge in [0.15, 0.2) is 0 Å². The van der Waals surface area contributed by atoms with E-state index in [-0.39, 0.29) is 6.04 Å². The third-order valence-electron chi connectivity index (χ3n) is 4.61. The van der Waals surface area contributed by atoms with Gasteiger partial charge in [-0.25, -0.2) is 0 Å². The zero-order valence-electron chi connectivity index (χ0n) is 13.9. The van der Waals surface area contributed by atoms with Gasteiger partial charge in [0, 0.05) is 16.6 Å². The van der Waals surface area contributed by atoms with Crippen molar-refractivity contribution in [3.63, 3.8) is 0 Å². The van der Waals surface area contributed by atoms with Crippen molar-refractivity contribution < 1.29 is 14.6 Å². The number of hydrogen-bond acceptors (Lipinski definition) is 3. The van der Waals surface area contributed by atoms with Crippen molar-refractivity contribution in [1.82, 2.24) is 4.90 Å². The van der Waals surface area contributed by atoms with Gasteiger partial charge in [0.25, 0.3) is 0 Å². The first-order chi connectivity index (χ1) is 11.1. The molecule has 0 saturated carbocycles. The monoisotopic (exact) mass is 339 g/mol. The minimum absolute atomic E-state index is 0.0324. The van der Waals surface area contributed by atoms with Crippen LogP contribution in [-0.4, -0.2) is 35.7 Å². The van der Waals surface area contributed by atoms with Gasteiger partial charge in [-0.3, -0.25) is 9.69 Å². The summed E-state index contributed by atoms with van der Waals surface area (Å²) in [4.78, 5) is 13.8. The van der Waals surface area contributed by atoms with Gasteiger partial charge in [0.05, 0.1) is 7.11 Å². The zero-order chi connectivity index (χ0) is 16.8. The van der Waals surface area contributed by atoms with E-state index >= 15 is 0 Å². The van der Waals surface area contributed by atoms with Gasteiger partial charge >= 0.3 is 5.97 Å². The molecule has 128 valence electrons. The number of methoxy groups -OCH3 is 1. The van der Waals surface area contributed by atoms with E-state index in [4.69, 9.17) is 16.3 Å². The van der Waals surface area contributed by atoms with Crippen molar-refractivity contribution in [2.75, 3.05) is 13.7 Å². The van der Waals surface area contributed by atoms with Crippen LogP contribution in [0.1, 0.15) is 57.1 Å². The lowest BCUT2D eigenvalue weighted by molar-refractivity contribution is -0.146. The van der Waals surface area contributed by atoms with E-state index in [1.54, 1.807) is 7.11 Å². The van der Waals surface area contributed by atoms with Crippen molar-refractivity contribution in [3.8, 4) is 5.75 Å². The van der Waals surface area contributed by atoms with Crippen LogP contribution in [0, 0.1) is 0 Å². The number of aliphatic carboxylic acids is 1. The molecule has 1 aromatic rings. The van der Waals surface area contributed by atoms with Crippen LogP contribution < -0.4 is 4.74 Å². The molecule has 0 aromatic heterocycles. The molecule has 1 saturated heterocycles. The van der Waals surface area contributed by atoms with Gasteiger partial charge in [0.2, 0.25) is 0 Å². The van der Waals surface area contributed by atoms with Gasteiger partial charge in [-0.05, 0) is 44.0 Å². The summed E-state index contributed by atoms with van der Waals surface area (Å²) in [6.45, 7) is 2.96. The lowest BCUT2D eigenvalue weighted by atomic mass is 9.92. The van der Waals surface area contributed by atoms with E-state index in [1.807, 2.05) is 18.2 Å². The molecule has 1 N–H and O–H groups in total. The second-order valence-corrected chi connectivity index (χ2v) is 6.57. The minimum Gasteiger partial charge on any atom is -0.496 e. The number of hydrogen-bond donors (Lipinski definition) is 1. The predicted molar refractivity (Wildman–Crippen MR) is 92.3 cm³/mol. The Hall–Kier alpha value is -1.26. The van der Waals surface area contributed by atoms with Crippen LogP contribution in [-0.2, 0) is 4.79 Å². The van der Waals surface area contributed by atoms with Gasteiger partial charge in [-0.2, -0.15) is 0 Å². The second kappa shape index (κ2) is 8.55. The summed E-state index contributed by atoms with van der Waals surface area (Å²) < 4.78 is 5.52. The predicted octanol–water partition coefficient (Wildman–Crippen LogP) is 4.52. The number of rotatable bonds is 7. The average molecular weight is 340 g/mol. The molecule has 0 bridgehead atoms. The number of likely N-dealkylation sites (tertiary alicyclic amines) is 1. The fourth-order valence-electron chi connectivity index (χ4n) is 3.46. The van der Waals surface area contributed by atoms with E-state index in [0.717, 1.165) is 50.0 Å². The largest absolute Gasteiger partial charge is 0.496 e. The van der Waals surface area contributed by atoms with E-state index in [2.05, 4.69) is 11.8 Å². The molecule has 2 atom stereocenters. The van der Waals surface area contributed by atoms with Gasteiger partial charge in [-0.15, -0.1) is 0 Å². The van der Waals surface area contributed by atoms with Crippen molar-refractivity contribution in [2.24, 2.45) is 0 Å². The Labute approximate surface area is 143 Å². The van der Waals surface area contributed by atoms with Crippen LogP contribution in [0.3, 0.4) is 0 Å². The third-order valence-corrected chi connectivity index (χ3v) is 4.85. The van der Waals surface area contributed by atoms with Crippen molar-refractivity contribution >= 4 is 17.6 Å². The molecule has 0 spiro atoms. The first-order valence-corrected chi connectivity index (χ1v) is 8.78. The number of nitrogens with zero attached hydrogens (tertiary/aromatic N) is 1. The Morgan fingerprint density at radius 2 is 2.26 bits per heavy atom. The topological polar surface area (TPSA) is 49.8 Å². The van der Waals surface area contributed by atoms with Crippen LogP contribution in [0.5, 0.6) is 5.75 Å². The highest BCUT2D eigenvalue weighted by atomic mass is 35.5. The fourth-order valence-corrected chi connectivity index (χ4v) is 3.64. The Balaban J connectivity index is 2.39. The number of ether oxygens (including phenoxy) is 1. The minimum atomic E-state index is -0.729. The Bertz CT molecular complexity index is 535. The highest BCUT2D eigenvalue weighted by molar-refractivity contribution is 6.30. The number of carboxylic acids is 1. The van der Waals surface area contributed by atoms with E-state index in [1.165, 1.54) is 0 Å². The maximum atomic E-state index is 11.7. The molecule has 1 aliphatic heterocycles. The lowest BCUT2D eigenvalue weighted by Crippen LogP contribution is -2.46. The van der Waals surface area contributed by atoms with Gasteiger partial charge in [-0.1, -0.05) is 37.8 Å². The summed E-state index contributed by atoms with van der Waals surface area (Å²) in [6.07, 6.45) is 5.75. The summed E-state index contributed by atoms with van der Waals surface area (Å²) >= 11 is 6.20. The molecule has 0 amide bonds. The van der Waals surface area contributed by atoms with Crippen molar-refractivity contribution in [1.29, 1.82) is 0 Å². The molecule has 1 aromatic carbocycles. The molecule has 1 heterocycles. The Morgan fingerprint density at radius 3 is 2.91 bits per heavy atom. The van der Waals surface area contributed by atoms with Crippen LogP contribution in [0.25, 0.3) is 0 Å². The summed E-state index contributed by atoms with van der Waals surface area (Å²) in [7, 11) is 1.65. The first-order valence-electron chi connectivity index (χ1n) is 8.40. The number of piperidine rings is 1. The molecule has 0 aliphatic carbocycles. The molecule has 2 rings (SSSR count). The molecular formula is C18H26ClNO3. The third kappa shape index (κ3) is 4.39. The second-order valence-electron chi connectivity index (χ2n) is 6.13. The zero-order valence-corrected chi connectivity index (χ0v) is 14.7. The number of benzene rings is 1. The molecule has 1 fully saturated rings. The molecule has 2 unspecified atom stereocenters. The summed E-state index contributed by atoms with van der Waals surface area (Å²) in [5, 5.41) is 10.3. The summed E-state index contributed by atoms with van der Waals surface area (Å²) in [6, 6.07) is 5.22. The number of halogens is 1. The fraction of sp³-hybridized carbons (Fsp3) is 0.611. The van der Waals surface area contributed by atoms with E-state index in [0.29, 0.717) is 11.4 Å². The van der Waals surface area contributed by atoms with Crippen molar-refractivity contribution in [2.45, 2.75) is 57.5 Å². The number of carboxylic acid groups (broad SMARTS) is 1. The van der Waals surface area contributed by atoms with Crippen LogP contribution >= 0.6 is 11.6 Å². The molecular weight excluding hydrogens is 314 g/mol. The van der Waals surface area contributed by atoms with Gasteiger partial charge in [0.1, 0.15) is 11.8 Å². The number of carbonyl (C=O) groups is 1. The average Bonchev–Trinajstić information content (AvgIpc) is 2.55. The Morgan fingerprint density at radius 1 is 1.48 bits per heavy atom. The maximum absolute atomic E-state index is 11.7. The molecule has 4 nitrogen and oxygen atoms in total. The molecule has 5 heteroatoms. The Kier molecular flexibility index (Phi) is 6.72. The highest BCUT2D eigenvalue weighted by Gasteiger charge is 2.35. The van der Waals surface area contributed by atoms with Gasteiger partial charge < -0.3 is 9.84 Å². The quantitative estimate of drug-likeness (QED) is 0.793. The SMILES string of the molecule is CCCCC(c1cc(Cl)ccc1OC)N1CCCCC1C(=O)O. The van der Waals surface area contributed by atoms with Crippen molar-refractivity contribution in [3.05, 3.63) is 28.8 Å². The van der Waals surface area contributed by atoms with Crippen LogP contribution in [0.2, 0.25) is 5.02 Å². The standard InChI is InChI=1S/C18H26ClNO3/c1-3-4-7-15(14-12-13(19)9-10-17(14)23-2)20-11-6-5-8-16(20)18(21)22/h9-10,12,15-16H,3-8,11H2,1-2H3,(H,21,22). The molecule has 0 radical (unpaired) electrons. The molecule has 23 heavy (non-hydrogen) atoms. The molecule has 1 aliphatic rings. The highest BCUT2D eigenvalue weighted by Crippen LogP contribution is 2.38. The summed E-state index contributed by atoms with van der Waals surface area (Å²) in [5.74, 6) is 0.0532. The maximum Gasteiger partial charge on any atom is 0.320 e. The van der Waals surface area contributed by atoms with Crippen LogP contribution in [0.4, 0.5) is 0 Å². The van der Waals surface area contributed by atoms with E-state index in [9.17, 15) is 9.90 Å². The van der Waals surface area contributed by atoms with Crippen LogP contribution in [0.15, 0.2) is 18.2 Å². The normalized spacial score (nSPS) is 20.2. The lowest BCUT2D eigenvalue weighted by Gasteiger charge is -2.40. The smallest absolute Gasteiger partial charge is 0.320 e. The number of unbranched alkanes of at least 4 members (excludes halogenated alkanes) is 1. The first kappa shape index (κ1) is 18.1.